The van der Waals surface area contributed by atoms with Gasteiger partial charge < -0.3 is 10.1 Å². The lowest BCUT2D eigenvalue weighted by Gasteiger charge is -2.28. The lowest BCUT2D eigenvalue weighted by atomic mass is 10.2. The zero-order chi connectivity index (χ0) is 10.8. The third-order valence-corrected chi connectivity index (χ3v) is 2.82. The van der Waals surface area contributed by atoms with Gasteiger partial charge >= 0.3 is 0 Å². The molecule has 0 bridgehead atoms. The molecule has 1 aromatic carbocycles. The van der Waals surface area contributed by atoms with E-state index in [-0.39, 0.29) is 5.69 Å². The Balaban J connectivity index is 2.14. The molecule has 5 nitrogen and oxygen atoms in total. The lowest BCUT2D eigenvalue weighted by molar-refractivity contribution is -0.384. The monoisotopic (exact) mass is 272 g/mol. The molecule has 15 heavy (non-hydrogen) atoms. The molecule has 0 aliphatic carbocycles. The van der Waals surface area contributed by atoms with Crippen LogP contribution >= 0.6 is 15.9 Å². The predicted octanol–water partition coefficient (Wildman–Crippen LogP) is 2.17. The van der Waals surface area contributed by atoms with E-state index in [1.54, 1.807) is 6.07 Å². The average Bonchev–Trinajstić information content (AvgIpc) is 2.12. The Morgan fingerprint density at radius 2 is 2.27 bits per heavy atom. The Kier molecular flexibility index (Phi) is 2.88. The van der Waals surface area contributed by atoms with Crippen molar-refractivity contribution in [1.82, 2.24) is 0 Å². The second-order valence-electron chi connectivity index (χ2n) is 3.30. The van der Waals surface area contributed by atoms with E-state index in [4.69, 9.17) is 4.74 Å². The van der Waals surface area contributed by atoms with Crippen molar-refractivity contribution in [2.24, 2.45) is 0 Å². The van der Waals surface area contributed by atoms with Crippen molar-refractivity contribution < 1.29 is 9.66 Å². The van der Waals surface area contributed by atoms with E-state index < -0.39 is 4.92 Å². The Bertz CT molecular complexity index is 393. The number of rotatable bonds is 3. The number of non-ortho nitro benzene ring substituents is 1. The minimum Gasteiger partial charge on any atom is -0.377 e. The maximum absolute atomic E-state index is 10.5. The van der Waals surface area contributed by atoms with Crippen LogP contribution in [0.25, 0.3) is 0 Å². The van der Waals surface area contributed by atoms with Crippen LogP contribution in [-0.2, 0) is 4.74 Å². The summed E-state index contributed by atoms with van der Waals surface area (Å²) in [6.07, 6.45) is 0. The van der Waals surface area contributed by atoms with Crippen LogP contribution in [0.1, 0.15) is 0 Å². The highest BCUT2D eigenvalue weighted by Crippen LogP contribution is 2.28. The molecule has 0 amide bonds. The van der Waals surface area contributed by atoms with Gasteiger partial charge in [-0.1, -0.05) is 0 Å². The number of nitrogens with one attached hydrogen (secondary N) is 1. The summed E-state index contributed by atoms with van der Waals surface area (Å²) in [6, 6.07) is 4.97. The van der Waals surface area contributed by atoms with Gasteiger partial charge in [-0.15, -0.1) is 0 Å². The quantitative estimate of drug-likeness (QED) is 0.677. The van der Waals surface area contributed by atoms with Crippen molar-refractivity contribution in [3.8, 4) is 0 Å². The molecule has 1 heterocycles. The van der Waals surface area contributed by atoms with Crippen molar-refractivity contribution in [3.05, 3.63) is 32.8 Å². The Morgan fingerprint density at radius 3 is 2.73 bits per heavy atom. The van der Waals surface area contributed by atoms with Gasteiger partial charge in [-0.25, -0.2) is 0 Å². The maximum Gasteiger partial charge on any atom is 0.270 e. The fourth-order valence-electron chi connectivity index (χ4n) is 1.27. The van der Waals surface area contributed by atoms with Gasteiger partial charge in [0.25, 0.3) is 5.69 Å². The smallest absolute Gasteiger partial charge is 0.270 e. The molecule has 6 heteroatoms. The first-order valence-corrected chi connectivity index (χ1v) is 5.24. The van der Waals surface area contributed by atoms with E-state index in [2.05, 4.69) is 21.2 Å². The van der Waals surface area contributed by atoms with Crippen LogP contribution in [0.15, 0.2) is 22.7 Å². The first-order valence-electron chi connectivity index (χ1n) is 4.45. The Hall–Kier alpha value is -1.14. The van der Waals surface area contributed by atoms with Gasteiger partial charge in [0.1, 0.15) is 0 Å². The number of nitro benzene ring substituents is 1. The molecular weight excluding hydrogens is 264 g/mol. The summed E-state index contributed by atoms with van der Waals surface area (Å²) in [6.45, 7) is 1.37. The molecule has 1 fully saturated rings. The summed E-state index contributed by atoms with van der Waals surface area (Å²) in [7, 11) is 0. The highest BCUT2D eigenvalue weighted by atomic mass is 79.9. The molecule has 0 radical (unpaired) electrons. The van der Waals surface area contributed by atoms with Crippen LogP contribution in [0.4, 0.5) is 11.4 Å². The van der Waals surface area contributed by atoms with E-state index in [0.717, 1.165) is 5.69 Å². The molecule has 1 aliphatic rings. The summed E-state index contributed by atoms with van der Waals surface area (Å²) < 4.78 is 5.72. The van der Waals surface area contributed by atoms with Gasteiger partial charge in [0.15, 0.2) is 0 Å². The van der Waals surface area contributed by atoms with Crippen LogP contribution in [0, 0.1) is 10.1 Å². The number of halogens is 1. The average molecular weight is 273 g/mol. The van der Waals surface area contributed by atoms with Gasteiger partial charge in [0, 0.05) is 22.3 Å². The molecule has 0 saturated carbocycles. The molecule has 1 aromatic rings. The molecule has 0 unspecified atom stereocenters. The van der Waals surface area contributed by atoms with Crippen molar-refractivity contribution >= 4 is 27.3 Å². The van der Waals surface area contributed by atoms with Crippen molar-refractivity contribution in [3.63, 3.8) is 0 Å². The summed E-state index contributed by atoms with van der Waals surface area (Å²) >= 11 is 3.29. The summed E-state index contributed by atoms with van der Waals surface area (Å²) in [5.41, 5.74) is 0.936. The van der Waals surface area contributed by atoms with Crippen LogP contribution in [-0.4, -0.2) is 24.2 Å². The van der Waals surface area contributed by atoms with Gasteiger partial charge in [-0.05, 0) is 22.0 Å². The number of nitrogens with zero attached hydrogens (tertiary/aromatic N) is 1. The molecule has 0 aromatic heterocycles. The Morgan fingerprint density at radius 1 is 1.53 bits per heavy atom. The highest BCUT2D eigenvalue weighted by Gasteiger charge is 2.19. The molecule has 2 rings (SSSR count). The minimum absolute atomic E-state index is 0.0808. The van der Waals surface area contributed by atoms with E-state index in [0.29, 0.717) is 23.7 Å². The van der Waals surface area contributed by atoms with Crippen LogP contribution < -0.4 is 5.32 Å². The topological polar surface area (TPSA) is 64.4 Å². The van der Waals surface area contributed by atoms with Crippen molar-refractivity contribution in [1.29, 1.82) is 0 Å². The van der Waals surface area contributed by atoms with Gasteiger partial charge in [0.05, 0.1) is 24.2 Å². The van der Waals surface area contributed by atoms with Crippen LogP contribution in [0.3, 0.4) is 0 Å². The molecule has 1 aliphatic heterocycles. The second-order valence-corrected chi connectivity index (χ2v) is 4.15. The number of hydrogen-bond donors (Lipinski definition) is 1. The first kappa shape index (κ1) is 10.4. The molecule has 80 valence electrons. The standard InChI is InChI=1S/C9H9BrN2O3/c10-8-3-7(12(13)14)1-2-9(8)11-6-4-15-5-6/h1-3,6,11H,4-5H2. The lowest BCUT2D eigenvalue weighted by Crippen LogP contribution is -2.40. The molecule has 0 spiro atoms. The van der Waals surface area contributed by atoms with E-state index in [9.17, 15) is 10.1 Å². The van der Waals surface area contributed by atoms with Crippen molar-refractivity contribution in [2.45, 2.75) is 6.04 Å². The first-order chi connectivity index (χ1) is 7.16. The molecule has 1 saturated heterocycles. The number of anilines is 1. The van der Waals surface area contributed by atoms with Crippen LogP contribution in [0.2, 0.25) is 0 Å². The number of ether oxygens (including phenoxy) is 1. The summed E-state index contributed by atoms with van der Waals surface area (Å²) in [5, 5.41) is 13.7. The fourth-order valence-corrected chi connectivity index (χ4v) is 1.75. The highest BCUT2D eigenvalue weighted by molar-refractivity contribution is 9.10. The second kappa shape index (κ2) is 4.16. The third-order valence-electron chi connectivity index (χ3n) is 2.16. The summed E-state index contributed by atoms with van der Waals surface area (Å²) in [5.74, 6) is 0. The maximum atomic E-state index is 10.5. The van der Waals surface area contributed by atoms with Crippen molar-refractivity contribution in [2.75, 3.05) is 18.5 Å². The number of hydrogen-bond acceptors (Lipinski definition) is 4. The SMILES string of the molecule is O=[N+]([O-])c1ccc(NC2COC2)c(Br)c1. The normalized spacial score (nSPS) is 15.8. The van der Waals surface area contributed by atoms with Gasteiger partial charge in [-0.3, -0.25) is 10.1 Å². The summed E-state index contributed by atoms with van der Waals surface area (Å²) in [4.78, 5) is 10.1. The van der Waals surface area contributed by atoms with E-state index in [1.807, 2.05) is 0 Å². The third kappa shape index (κ3) is 2.27. The van der Waals surface area contributed by atoms with E-state index in [1.165, 1.54) is 12.1 Å². The molecular formula is C9H9BrN2O3. The number of nitro groups is 1. The molecule has 1 N–H and O–H groups in total. The van der Waals surface area contributed by atoms with Gasteiger partial charge in [-0.2, -0.15) is 0 Å². The van der Waals surface area contributed by atoms with Gasteiger partial charge in [0.2, 0.25) is 0 Å². The minimum atomic E-state index is -0.416. The molecule has 0 atom stereocenters. The largest absolute Gasteiger partial charge is 0.377 e. The predicted molar refractivity (Wildman–Crippen MR) is 59.0 cm³/mol. The van der Waals surface area contributed by atoms with Crippen LogP contribution in [0.5, 0.6) is 0 Å². The zero-order valence-electron chi connectivity index (χ0n) is 7.77. The zero-order valence-corrected chi connectivity index (χ0v) is 9.36. The Labute approximate surface area is 94.7 Å². The number of benzene rings is 1. The van der Waals surface area contributed by atoms with E-state index >= 15 is 0 Å². The fraction of sp³-hybridized carbons (Fsp3) is 0.333.